The molecule has 0 saturated carbocycles. The van der Waals surface area contributed by atoms with Crippen LogP contribution in [0.25, 0.3) is 0 Å². The predicted octanol–water partition coefficient (Wildman–Crippen LogP) is 2.17. The third-order valence-corrected chi connectivity index (χ3v) is 2.11. The van der Waals surface area contributed by atoms with Crippen LogP contribution in [0.1, 0.15) is 23.7 Å². The van der Waals surface area contributed by atoms with E-state index in [2.05, 4.69) is 4.98 Å². The van der Waals surface area contributed by atoms with Crippen LogP contribution >= 0.6 is 0 Å². The van der Waals surface area contributed by atoms with Gasteiger partial charge in [-0.2, -0.15) is 13.2 Å². The van der Waals surface area contributed by atoms with Gasteiger partial charge in [0.1, 0.15) is 0 Å². The molecule has 0 radical (unpaired) electrons. The molecule has 0 amide bonds. The lowest BCUT2D eigenvalue weighted by atomic mass is 10.0. The molecule has 6 heteroatoms. The number of alkyl halides is 3. The lowest BCUT2D eigenvalue weighted by Crippen LogP contribution is -2.13. The van der Waals surface area contributed by atoms with Crippen molar-refractivity contribution in [2.24, 2.45) is 0 Å². The summed E-state index contributed by atoms with van der Waals surface area (Å²) in [4.78, 5) is 3.59. The van der Waals surface area contributed by atoms with Gasteiger partial charge < -0.3 is 9.84 Å². The number of ether oxygens (including phenoxy) is 1. The van der Waals surface area contributed by atoms with Gasteiger partial charge >= 0.3 is 6.18 Å². The molecule has 1 aromatic heterocycles. The smallest absolute Gasteiger partial charge is 0.388 e. The first-order valence-corrected chi connectivity index (χ1v) is 4.65. The lowest BCUT2D eigenvalue weighted by molar-refractivity contribution is -0.139. The fourth-order valence-electron chi connectivity index (χ4n) is 1.32. The number of halogens is 3. The van der Waals surface area contributed by atoms with Gasteiger partial charge in [0.2, 0.25) is 0 Å². The highest BCUT2D eigenvalue weighted by molar-refractivity contribution is 5.28. The summed E-state index contributed by atoms with van der Waals surface area (Å²) in [5.74, 6) is 0. The van der Waals surface area contributed by atoms with Crippen LogP contribution in [0.4, 0.5) is 13.2 Å². The largest absolute Gasteiger partial charge is 0.416 e. The van der Waals surface area contributed by atoms with Crippen molar-refractivity contribution in [3.8, 4) is 0 Å². The molecule has 0 spiro atoms. The summed E-state index contributed by atoms with van der Waals surface area (Å²) in [5.41, 5.74) is -1.07. The number of aromatic nitrogens is 1. The Kier molecular flexibility index (Phi) is 4.26. The van der Waals surface area contributed by atoms with Gasteiger partial charge in [0.05, 0.1) is 11.7 Å². The van der Waals surface area contributed by atoms with E-state index in [-0.39, 0.29) is 18.6 Å². The topological polar surface area (TPSA) is 42.4 Å². The summed E-state index contributed by atoms with van der Waals surface area (Å²) < 4.78 is 42.4. The molecule has 3 nitrogen and oxygen atoms in total. The number of nitrogens with zero attached hydrogens (tertiary/aromatic N) is 1. The Balaban J connectivity index is 2.94. The van der Waals surface area contributed by atoms with Crippen LogP contribution in [-0.2, 0) is 10.9 Å². The van der Waals surface area contributed by atoms with Crippen molar-refractivity contribution in [3.63, 3.8) is 0 Å². The molecule has 0 fully saturated rings. The van der Waals surface area contributed by atoms with Crippen molar-refractivity contribution in [2.45, 2.75) is 18.7 Å². The summed E-state index contributed by atoms with van der Waals surface area (Å²) in [6, 6.07) is 0.853. The summed E-state index contributed by atoms with van der Waals surface area (Å²) >= 11 is 0. The number of hydrogen-bond acceptors (Lipinski definition) is 3. The first-order chi connectivity index (χ1) is 7.46. The summed E-state index contributed by atoms with van der Waals surface area (Å²) in [6.45, 7) is 0.188. The highest BCUT2D eigenvalue weighted by Crippen LogP contribution is 2.34. The zero-order valence-corrected chi connectivity index (χ0v) is 8.66. The fraction of sp³-hybridized carbons (Fsp3) is 0.500. The maximum atomic E-state index is 12.6. The second kappa shape index (κ2) is 5.27. The Morgan fingerprint density at radius 1 is 1.50 bits per heavy atom. The molecule has 1 N–H and O–H groups in total. The first-order valence-electron chi connectivity index (χ1n) is 4.65. The monoisotopic (exact) mass is 235 g/mol. The second-order valence-corrected chi connectivity index (χ2v) is 3.26. The van der Waals surface area contributed by atoms with Crippen LogP contribution < -0.4 is 0 Å². The Morgan fingerprint density at radius 3 is 2.75 bits per heavy atom. The van der Waals surface area contributed by atoms with Gasteiger partial charge in [0.15, 0.2) is 0 Å². The molecule has 1 unspecified atom stereocenters. The highest BCUT2D eigenvalue weighted by Gasteiger charge is 2.34. The van der Waals surface area contributed by atoms with Crippen molar-refractivity contribution < 1.29 is 23.0 Å². The maximum absolute atomic E-state index is 12.6. The third-order valence-electron chi connectivity index (χ3n) is 2.11. The maximum Gasteiger partial charge on any atom is 0.416 e. The molecule has 1 aromatic rings. The Labute approximate surface area is 90.9 Å². The standard InChI is InChI=1S/C10H12F3NO2/c1-16-5-3-9(15)7-6-14-4-2-8(7)10(11,12)13/h2,4,6,9,15H,3,5H2,1H3. The van der Waals surface area contributed by atoms with Crippen LogP contribution in [0.3, 0.4) is 0 Å². The normalized spacial score (nSPS) is 13.8. The van der Waals surface area contributed by atoms with Crippen molar-refractivity contribution >= 4 is 0 Å². The summed E-state index contributed by atoms with van der Waals surface area (Å²) in [5, 5.41) is 9.58. The zero-order valence-electron chi connectivity index (χ0n) is 8.66. The van der Waals surface area contributed by atoms with E-state index in [4.69, 9.17) is 4.74 Å². The quantitative estimate of drug-likeness (QED) is 0.869. The number of aliphatic hydroxyl groups excluding tert-OH is 1. The molecule has 0 aliphatic carbocycles. The van der Waals surface area contributed by atoms with Crippen LogP contribution in [0.2, 0.25) is 0 Å². The van der Waals surface area contributed by atoms with Gasteiger partial charge in [0, 0.05) is 38.1 Å². The molecule has 1 heterocycles. The van der Waals surface area contributed by atoms with Crippen molar-refractivity contribution in [3.05, 3.63) is 29.6 Å². The summed E-state index contributed by atoms with van der Waals surface area (Å²) in [6.07, 6.45) is -3.51. The molecule has 0 bridgehead atoms. The van der Waals surface area contributed by atoms with E-state index in [0.717, 1.165) is 18.5 Å². The molecule has 0 saturated heterocycles. The zero-order chi connectivity index (χ0) is 12.2. The Morgan fingerprint density at radius 2 is 2.19 bits per heavy atom. The molecule has 90 valence electrons. The van der Waals surface area contributed by atoms with E-state index in [1.807, 2.05) is 0 Å². The molecule has 0 aliphatic heterocycles. The average Bonchev–Trinajstić information content (AvgIpc) is 2.24. The van der Waals surface area contributed by atoms with Gasteiger partial charge in [-0.05, 0) is 6.07 Å². The van der Waals surface area contributed by atoms with Gasteiger partial charge in [-0.3, -0.25) is 4.98 Å². The van der Waals surface area contributed by atoms with Crippen molar-refractivity contribution in [1.29, 1.82) is 0 Å². The minimum atomic E-state index is -4.48. The van der Waals surface area contributed by atoms with Gasteiger partial charge in [0.25, 0.3) is 0 Å². The lowest BCUT2D eigenvalue weighted by Gasteiger charge is -2.16. The Hall–Kier alpha value is -1.14. The SMILES string of the molecule is COCCC(O)c1cnccc1C(F)(F)F. The van der Waals surface area contributed by atoms with Gasteiger partial charge in [-0.1, -0.05) is 0 Å². The van der Waals surface area contributed by atoms with Crippen LogP contribution in [0.5, 0.6) is 0 Å². The number of pyridine rings is 1. The number of rotatable bonds is 4. The van der Waals surface area contributed by atoms with Crippen molar-refractivity contribution in [2.75, 3.05) is 13.7 Å². The number of hydrogen-bond donors (Lipinski definition) is 1. The number of aliphatic hydroxyl groups is 1. The van der Waals surface area contributed by atoms with E-state index < -0.39 is 17.8 Å². The first kappa shape index (κ1) is 12.9. The van der Waals surface area contributed by atoms with E-state index in [1.165, 1.54) is 7.11 Å². The Bertz CT molecular complexity index is 341. The van der Waals surface area contributed by atoms with Gasteiger partial charge in [-0.15, -0.1) is 0 Å². The molecule has 0 aromatic carbocycles. The number of methoxy groups -OCH3 is 1. The highest BCUT2D eigenvalue weighted by atomic mass is 19.4. The van der Waals surface area contributed by atoms with E-state index in [1.54, 1.807) is 0 Å². The molecule has 1 atom stereocenters. The van der Waals surface area contributed by atoms with Crippen LogP contribution in [0, 0.1) is 0 Å². The van der Waals surface area contributed by atoms with Crippen LogP contribution in [-0.4, -0.2) is 23.8 Å². The predicted molar refractivity (Wildman–Crippen MR) is 50.7 cm³/mol. The minimum absolute atomic E-state index is 0.102. The average molecular weight is 235 g/mol. The molecular formula is C10H12F3NO2. The fourth-order valence-corrected chi connectivity index (χ4v) is 1.32. The van der Waals surface area contributed by atoms with E-state index in [0.29, 0.717) is 0 Å². The van der Waals surface area contributed by atoms with Crippen molar-refractivity contribution in [1.82, 2.24) is 4.98 Å². The minimum Gasteiger partial charge on any atom is -0.388 e. The van der Waals surface area contributed by atoms with Crippen LogP contribution in [0.15, 0.2) is 18.5 Å². The second-order valence-electron chi connectivity index (χ2n) is 3.26. The molecule has 16 heavy (non-hydrogen) atoms. The molecule has 1 rings (SSSR count). The molecular weight excluding hydrogens is 223 g/mol. The third kappa shape index (κ3) is 3.18. The summed E-state index contributed by atoms with van der Waals surface area (Å²) in [7, 11) is 1.42. The van der Waals surface area contributed by atoms with E-state index in [9.17, 15) is 18.3 Å². The molecule has 0 aliphatic rings. The van der Waals surface area contributed by atoms with E-state index >= 15 is 0 Å². The van der Waals surface area contributed by atoms with Gasteiger partial charge in [-0.25, -0.2) is 0 Å².